The first-order valence-electron chi connectivity index (χ1n) is 7.29. The first kappa shape index (κ1) is 15.9. The van der Waals surface area contributed by atoms with Crippen LogP contribution in [0.2, 0.25) is 0 Å². The number of hydrogen-bond donors (Lipinski definition) is 0. The van der Waals surface area contributed by atoms with Gasteiger partial charge in [-0.15, -0.1) is 31.7 Å². The quantitative estimate of drug-likeness (QED) is 0.467. The Balaban J connectivity index is 1.41. The molecule has 126 valence electrons. The number of hydrogen-bond acceptors (Lipinski definition) is 9. The third-order valence-electron chi connectivity index (χ3n) is 3.26. The lowest BCUT2D eigenvalue weighted by Crippen LogP contribution is -1.82. The highest BCUT2D eigenvalue weighted by molar-refractivity contribution is 7.98. The fraction of sp³-hybridized carbons (Fsp3) is 0.125. The smallest absolute Gasteiger partial charge is 0.277 e. The van der Waals surface area contributed by atoms with Gasteiger partial charge in [0.15, 0.2) is 0 Å². The topological polar surface area (TPSA) is 87.1 Å². The van der Waals surface area contributed by atoms with E-state index in [1.165, 1.54) is 11.8 Å². The minimum atomic E-state index is 0.454. The lowest BCUT2D eigenvalue weighted by Gasteiger charge is -1.99. The first-order valence-corrected chi connectivity index (χ1v) is 9.15. The number of thiophene rings is 1. The minimum absolute atomic E-state index is 0.454. The molecule has 0 saturated heterocycles. The summed E-state index contributed by atoms with van der Waals surface area (Å²) < 4.78 is 16.4. The van der Waals surface area contributed by atoms with Crippen molar-refractivity contribution in [3.63, 3.8) is 0 Å². The van der Waals surface area contributed by atoms with E-state index in [1.807, 2.05) is 41.8 Å². The zero-order valence-electron chi connectivity index (χ0n) is 13.1. The molecule has 25 heavy (non-hydrogen) atoms. The van der Waals surface area contributed by atoms with E-state index in [4.69, 9.17) is 13.6 Å². The first-order chi connectivity index (χ1) is 12.3. The van der Waals surface area contributed by atoms with Crippen molar-refractivity contribution in [2.45, 2.75) is 11.0 Å². The Kier molecular flexibility index (Phi) is 4.49. The minimum Gasteiger partial charge on any atom is -0.497 e. The molecule has 7 nitrogen and oxygen atoms in total. The van der Waals surface area contributed by atoms with E-state index in [2.05, 4.69) is 20.4 Å². The molecule has 1 aromatic carbocycles. The van der Waals surface area contributed by atoms with Gasteiger partial charge >= 0.3 is 0 Å². The van der Waals surface area contributed by atoms with Crippen molar-refractivity contribution in [3.8, 4) is 28.0 Å². The third-order valence-corrected chi connectivity index (χ3v) is 4.92. The van der Waals surface area contributed by atoms with Gasteiger partial charge in [-0.3, -0.25) is 0 Å². The predicted octanol–water partition coefficient (Wildman–Crippen LogP) is 4.15. The van der Waals surface area contributed by atoms with Crippen LogP contribution in [0.15, 0.2) is 55.8 Å². The molecule has 0 aliphatic rings. The second kappa shape index (κ2) is 7.08. The highest BCUT2D eigenvalue weighted by atomic mass is 32.2. The Morgan fingerprint density at radius 2 is 1.84 bits per heavy atom. The van der Waals surface area contributed by atoms with Crippen LogP contribution in [0.4, 0.5) is 0 Å². The van der Waals surface area contributed by atoms with Crippen LogP contribution in [0.25, 0.3) is 22.2 Å². The van der Waals surface area contributed by atoms with E-state index in [0.717, 1.165) is 16.2 Å². The van der Waals surface area contributed by atoms with E-state index in [0.29, 0.717) is 28.6 Å². The van der Waals surface area contributed by atoms with Crippen LogP contribution in [0.1, 0.15) is 5.89 Å². The van der Waals surface area contributed by atoms with Crippen LogP contribution in [0, 0.1) is 0 Å². The molecule has 9 heteroatoms. The zero-order chi connectivity index (χ0) is 17.1. The maximum atomic E-state index is 5.67. The van der Waals surface area contributed by atoms with Crippen molar-refractivity contribution >= 4 is 23.1 Å². The van der Waals surface area contributed by atoms with Gasteiger partial charge in [0.25, 0.3) is 11.1 Å². The van der Waals surface area contributed by atoms with Gasteiger partial charge in [0.1, 0.15) is 5.75 Å². The van der Waals surface area contributed by atoms with Crippen LogP contribution in [0.3, 0.4) is 0 Å². The summed E-state index contributed by atoms with van der Waals surface area (Å²) in [6.07, 6.45) is 0. The Morgan fingerprint density at radius 1 is 1.00 bits per heavy atom. The second-order valence-corrected chi connectivity index (χ2v) is 6.74. The molecular formula is C16H12N4O3S2. The van der Waals surface area contributed by atoms with Gasteiger partial charge in [-0.2, -0.15) is 0 Å². The predicted molar refractivity (Wildman–Crippen MR) is 93.5 cm³/mol. The number of thioether (sulfide) groups is 1. The summed E-state index contributed by atoms with van der Waals surface area (Å²) in [6, 6.07) is 11.3. The summed E-state index contributed by atoms with van der Waals surface area (Å²) in [6.45, 7) is 0. The van der Waals surface area contributed by atoms with Crippen LogP contribution in [0.5, 0.6) is 5.75 Å². The van der Waals surface area contributed by atoms with Crippen LogP contribution >= 0.6 is 23.1 Å². The molecule has 3 aromatic heterocycles. The lowest BCUT2D eigenvalue weighted by atomic mass is 10.2. The number of methoxy groups -OCH3 is 1. The summed E-state index contributed by atoms with van der Waals surface area (Å²) >= 11 is 2.91. The fourth-order valence-corrected chi connectivity index (χ4v) is 3.30. The molecule has 0 fully saturated rings. The number of rotatable bonds is 6. The van der Waals surface area contributed by atoms with Crippen molar-refractivity contribution in [2.75, 3.05) is 7.11 Å². The van der Waals surface area contributed by atoms with Crippen LogP contribution < -0.4 is 4.74 Å². The second-order valence-electron chi connectivity index (χ2n) is 4.87. The van der Waals surface area contributed by atoms with E-state index in [9.17, 15) is 0 Å². The molecule has 0 atom stereocenters. The number of aromatic nitrogens is 4. The van der Waals surface area contributed by atoms with Crippen LogP contribution in [-0.2, 0) is 5.75 Å². The molecule has 0 saturated carbocycles. The van der Waals surface area contributed by atoms with Crippen molar-refractivity contribution in [3.05, 3.63) is 47.7 Å². The largest absolute Gasteiger partial charge is 0.497 e. The molecule has 0 bridgehead atoms. The van der Waals surface area contributed by atoms with Gasteiger partial charge in [0.2, 0.25) is 11.8 Å². The monoisotopic (exact) mass is 372 g/mol. The molecule has 0 spiro atoms. The number of nitrogens with zero attached hydrogens (tertiary/aromatic N) is 4. The Morgan fingerprint density at radius 3 is 2.60 bits per heavy atom. The number of benzene rings is 1. The summed E-state index contributed by atoms with van der Waals surface area (Å²) in [5, 5.41) is 18.6. The normalized spacial score (nSPS) is 10.9. The molecule has 0 aliphatic carbocycles. The van der Waals surface area contributed by atoms with E-state index in [1.54, 1.807) is 18.4 Å². The van der Waals surface area contributed by atoms with Crippen molar-refractivity contribution in [2.24, 2.45) is 0 Å². The summed E-state index contributed by atoms with van der Waals surface area (Å²) in [7, 11) is 1.62. The van der Waals surface area contributed by atoms with E-state index < -0.39 is 0 Å². The average molecular weight is 372 g/mol. The highest BCUT2D eigenvalue weighted by Crippen LogP contribution is 2.28. The average Bonchev–Trinajstić information content (AvgIpc) is 3.41. The molecule has 4 aromatic rings. The summed E-state index contributed by atoms with van der Waals surface area (Å²) in [5.74, 6) is 2.70. The summed E-state index contributed by atoms with van der Waals surface area (Å²) in [5.41, 5.74) is 0.835. The van der Waals surface area contributed by atoms with Crippen molar-refractivity contribution in [1.29, 1.82) is 0 Å². The Hall–Kier alpha value is -2.65. The molecule has 0 N–H and O–H groups in total. The molecule has 4 rings (SSSR count). The van der Waals surface area contributed by atoms with Gasteiger partial charge in [-0.1, -0.05) is 17.8 Å². The molecule has 0 unspecified atom stereocenters. The van der Waals surface area contributed by atoms with Crippen molar-refractivity contribution in [1.82, 2.24) is 20.4 Å². The molecule has 3 heterocycles. The molecule has 0 amide bonds. The maximum Gasteiger partial charge on any atom is 0.277 e. The molecular weight excluding hydrogens is 360 g/mol. The molecule has 0 radical (unpaired) electrons. The van der Waals surface area contributed by atoms with Gasteiger partial charge in [-0.25, -0.2) is 0 Å². The number of ether oxygens (including phenoxy) is 1. The van der Waals surface area contributed by atoms with Crippen molar-refractivity contribution < 1.29 is 13.6 Å². The van der Waals surface area contributed by atoms with E-state index >= 15 is 0 Å². The van der Waals surface area contributed by atoms with Gasteiger partial charge in [0, 0.05) is 5.56 Å². The third kappa shape index (κ3) is 3.57. The fourth-order valence-electron chi connectivity index (χ4n) is 2.05. The Bertz CT molecular complexity index is 948. The van der Waals surface area contributed by atoms with Crippen LogP contribution in [-0.4, -0.2) is 27.5 Å². The Labute approximate surface area is 151 Å². The SMILES string of the molecule is COc1ccc(-c2nnc(CSc3nnc(-c4cccs4)o3)o2)cc1. The highest BCUT2D eigenvalue weighted by Gasteiger charge is 2.13. The summed E-state index contributed by atoms with van der Waals surface area (Å²) in [4.78, 5) is 0.943. The zero-order valence-corrected chi connectivity index (χ0v) is 14.7. The molecule has 0 aliphatic heterocycles. The van der Waals surface area contributed by atoms with Gasteiger partial charge in [-0.05, 0) is 35.7 Å². The van der Waals surface area contributed by atoms with Gasteiger partial charge < -0.3 is 13.6 Å². The lowest BCUT2D eigenvalue weighted by molar-refractivity contribution is 0.415. The maximum absolute atomic E-state index is 5.67. The van der Waals surface area contributed by atoms with Gasteiger partial charge in [0.05, 0.1) is 17.7 Å². The standard InChI is InChI=1S/C16H12N4O3S2/c1-21-11-6-4-10(5-7-11)14-18-17-13(22-14)9-25-16-20-19-15(23-16)12-3-2-8-24-12/h2-8H,9H2,1H3. The van der Waals surface area contributed by atoms with E-state index in [-0.39, 0.29) is 0 Å².